The summed E-state index contributed by atoms with van der Waals surface area (Å²) in [5.74, 6) is -0.819. The number of carbonyl (C=O) groups excluding carboxylic acids is 1. The SMILES string of the molecule is C=CC(=O)N(C)S(=O)(=O)Cc1ccccc1. The van der Waals surface area contributed by atoms with Gasteiger partial charge in [-0.1, -0.05) is 36.9 Å². The van der Waals surface area contributed by atoms with E-state index in [4.69, 9.17) is 0 Å². The lowest BCUT2D eigenvalue weighted by atomic mass is 10.2. The third kappa shape index (κ3) is 2.93. The van der Waals surface area contributed by atoms with Gasteiger partial charge >= 0.3 is 0 Å². The molecule has 0 bridgehead atoms. The molecule has 86 valence electrons. The Labute approximate surface area is 95.2 Å². The highest BCUT2D eigenvalue weighted by Crippen LogP contribution is 2.09. The first-order valence-electron chi connectivity index (χ1n) is 4.64. The summed E-state index contributed by atoms with van der Waals surface area (Å²) in [6.07, 6.45) is 0.975. The van der Waals surface area contributed by atoms with Crippen molar-refractivity contribution in [2.45, 2.75) is 5.75 Å². The van der Waals surface area contributed by atoms with Crippen molar-refractivity contribution in [1.82, 2.24) is 4.31 Å². The van der Waals surface area contributed by atoms with Crippen LogP contribution in [0.4, 0.5) is 0 Å². The van der Waals surface area contributed by atoms with Crippen LogP contribution in [0.2, 0.25) is 0 Å². The van der Waals surface area contributed by atoms with Crippen molar-refractivity contribution < 1.29 is 13.2 Å². The van der Waals surface area contributed by atoms with Gasteiger partial charge in [0.2, 0.25) is 10.0 Å². The Morgan fingerprint density at radius 3 is 2.44 bits per heavy atom. The first kappa shape index (κ1) is 12.4. The van der Waals surface area contributed by atoms with Crippen molar-refractivity contribution in [3.8, 4) is 0 Å². The van der Waals surface area contributed by atoms with Crippen LogP contribution in [-0.2, 0) is 20.6 Å². The van der Waals surface area contributed by atoms with Gasteiger partial charge in [0, 0.05) is 7.05 Å². The van der Waals surface area contributed by atoms with Crippen LogP contribution in [0.25, 0.3) is 0 Å². The number of hydrogen-bond acceptors (Lipinski definition) is 3. The number of carbonyl (C=O) groups is 1. The minimum absolute atomic E-state index is 0.191. The number of amides is 1. The highest BCUT2D eigenvalue weighted by atomic mass is 32.2. The van der Waals surface area contributed by atoms with E-state index in [-0.39, 0.29) is 5.75 Å². The Morgan fingerprint density at radius 2 is 1.94 bits per heavy atom. The van der Waals surface area contributed by atoms with Gasteiger partial charge in [-0.05, 0) is 11.6 Å². The Hall–Kier alpha value is -1.62. The summed E-state index contributed by atoms with van der Waals surface area (Å²) in [7, 11) is -2.39. The average molecular weight is 239 g/mol. The van der Waals surface area contributed by atoms with Gasteiger partial charge < -0.3 is 0 Å². The number of benzene rings is 1. The Morgan fingerprint density at radius 1 is 1.38 bits per heavy atom. The van der Waals surface area contributed by atoms with E-state index in [0.717, 1.165) is 6.08 Å². The van der Waals surface area contributed by atoms with E-state index < -0.39 is 15.9 Å². The molecule has 1 aromatic rings. The molecule has 16 heavy (non-hydrogen) atoms. The predicted octanol–water partition coefficient (Wildman–Crippen LogP) is 1.16. The van der Waals surface area contributed by atoms with Gasteiger partial charge in [-0.25, -0.2) is 12.7 Å². The first-order chi connectivity index (χ1) is 7.47. The summed E-state index contributed by atoms with van der Waals surface area (Å²) < 4.78 is 24.2. The summed E-state index contributed by atoms with van der Waals surface area (Å²) in [4.78, 5) is 11.2. The molecule has 0 unspecified atom stereocenters. The fourth-order valence-electron chi connectivity index (χ4n) is 1.15. The van der Waals surface area contributed by atoms with E-state index in [2.05, 4.69) is 6.58 Å². The Balaban J connectivity index is 2.88. The molecule has 0 radical (unpaired) electrons. The maximum absolute atomic E-state index is 11.8. The number of hydrogen-bond donors (Lipinski definition) is 0. The van der Waals surface area contributed by atoms with Gasteiger partial charge in [-0.2, -0.15) is 0 Å². The molecule has 1 rings (SSSR count). The fourth-order valence-corrected chi connectivity index (χ4v) is 2.30. The monoisotopic (exact) mass is 239 g/mol. The van der Waals surface area contributed by atoms with Crippen molar-refractivity contribution in [2.75, 3.05) is 7.05 Å². The molecular weight excluding hydrogens is 226 g/mol. The van der Waals surface area contributed by atoms with E-state index in [1.165, 1.54) is 7.05 Å². The molecule has 0 spiro atoms. The topological polar surface area (TPSA) is 54.5 Å². The first-order valence-corrected chi connectivity index (χ1v) is 6.25. The van der Waals surface area contributed by atoms with Crippen molar-refractivity contribution >= 4 is 15.9 Å². The lowest BCUT2D eigenvalue weighted by molar-refractivity contribution is -0.120. The predicted molar refractivity (Wildman–Crippen MR) is 62.0 cm³/mol. The largest absolute Gasteiger partial charge is 0.269 e. The van der Waals surface area contributed by atoms with Gasteiger partial charge in [0.05, 0.1) is 5.75 Å². The van der Waals surface area contributed by atoms with Crippen molar-refractivity contribution in [3.63, 3.8) is 0 Å². The van der Waals surface area contributed by atoms with Crippen molar-refractivity contribution in [2.24, 2.45) is 0 Å². The quantitative estimate of drug-likeness (QED) is 0.741. The second-order valence-electron chi connectivity index (χ2n) is 3.25. The number of rotatable bonds is 4. The average Bonchev–Trinajstić information content (AvgIpc) is 2.27. The van der Waals surface area contributed by atoms with E-state index in [9.17, 15) is 13.2 Å². The van der Waals surface area contributed by atoms with Crippen LogP contribution in [0, 0.1) is 0 Å². The van der Waals surface area contributed by atoms with Crippen LogP contribution in [0.1, 0.15) is 5.56 Å². The Bertz CT molecular complexity index is 479. The molecule has 0 aliphatic rings. The molecule has 0 N–H and O–H groups in total. The normalized spacial score (nSPS) is 10.8. The minimum Gasteiger partial charge on any atom is -0.269 e. The van der Waals surface area contributed by atoms with Gasteiger partial charge in [0.1, 0.15) is 0 Å². The minimum atomic E-state index is -3.61. The molecule has 1 amide bonds. The second kappa shape index (κ2) is 4.94. The number of sulfonamides is 1. The van der Waals surface area contributed by atoms with E-state index in [1.807, 2.05) is 0 Å². The lowest BCUT2D eigenvalue weighted by Gasteiger charge is -2.15. The maximum atomic E-state index is 11.8. The molecular formula is C11H13NO3S. The van der Waals surface area contributed by atoms with E-state index >= 15 is 0 Å². The highest BCUT2D eigenvalue weighted by molar-refractivity contribution is 7.88. The molecule has 4 nitrogen and oxygen atoms in total. The molecule has 5 heteroatoms. The van der Waals surface area contributed by atoms with Crippen LogP contribution in [0.5, 0.6) is 0 Å². The zero-order chi connectivity index (χ0) is 12.2. The summed E-state index contributed by atoms with van der Waals surface area (Å²) in [6, 6.07) is 8.70. The zero-order valence-corrected chi connectivity index (χ0v) is 9.78. The molecule has 0 atom stereocenters. The molecule has 0 aromatic heterocycles. The molecule has 0 aliphatic heterocycles. The second-order valence-corrected chi connectivity index (χ2v) is 5.25. The van der Waals surface area contributed by atoms with E-state index in [1.54, 1.807) is 30.3 Å². The Kier molecular flexibility index (Phi) is 3.84. The lowest BCUT2D eigenvalue weighted by Crippen LogP contribution is -2.32. The summed E-state index contributed by atoms with van der Waals surface area (Å²) in [6.45, 7) is 3.25. The standard InChI is InChI=1S/C11H13NO3S/c1-3-11(13)12(2)16(14,15)9-10-7-5-4-6-8-10/h3-8H,1,9H2,2H3. The van der Waals surface area contributed by atoms with Crippen LogP contribution in [0.3, 0.4) is 0 Å². The van der Waals surface area contributed by atoms with Gasteiger partial charge in [0.15, 0.2) is 0 Å². The fraction of sp³-hybridized carbons (Fsp3) is 0.182. The summed E-state index contributed by atoms with van der Waals surface area (Å²) in [5.41, 5.74) is 0.645. The van der Waals surface area contributed by atoms with Crippen LogP contribution in [0.15, 0.2) is 43.0 Å². The van der Waals surface area contributed by atoms with Gasteiger partial charge in [-0.3, -0.25) is 4.79 Å². The molecule has 0 saturated heterocycles. The highest BCUT2D eigenvalue weighted by Gasteiger charge is 2.21. The summed E-state index contributed by atoms with van der Waals surface area (Å²) >= 11 is 0. The molecule has 0 saturated carbocycles. The summed E-state index contributed by atoms with van der Waals surface area (Å²) in [5, 5.41) is 0. The maximum Gasteiger partial charge on any atom is 0.259 e. The smallest absolute Gasteiger partial charge is 0.259 e. The number of likely N-dealkylation sites (N-methyl/N-ethyl adjacent to an activating group) is 1. The molecule has 0 heterocycles. The van der Waals surface area contributed by atoms with Crippen LogP contribution in [-0.4, -0.2) is 25.7 Å². The zero-order valence-electron chi connectivity index (χ0n) is 8.96. The molecule has 0 fully saturated rings. The molecule has 1 aromatic carbocycles. The third-order valence-electron chi connectivity index (χ3n) is 2.09. The van der Waals surface area contributed by atoms with Crippen molar-refractivity contribution in [3.05, 3.63) is 48.6 Å². The van der Waals surface area contributed by atoms with Gasteiger partial charge in [-0.15, -0.1) is 0 Å². The van der Waals surface area contributed by atoms with E-state index in [0.29, 0.717) is 9.87 Å². The van der Waals surface area contributed by atoms with Crippen molar-refractivity contribution in [1.29, 1.82) is 0 Å². The molecule has 0 aliphatic carbocycles. The van der Waals surface area contributed by atoms with Crippen LogP contribution < -0.4 is 0 Å². The third-order valence-corrected chi connectivity index (χ3v) is 3.81. The number of nitrogens with zero attached hydrogens (tertiary/aromatic N) is 1. The van der Waals surface area contributed by atoms with Gasteiger partial charge in [0.25, 0.3) is 5.91 Å². The van der Waals surface area contributed by atoms with Crippen LogP contribution >= 0.6 is 0 Å².